The van der Waals surface area contributed by atoms with E-state index in [2.05, 4.69) is 143 Å². The van der Waals surface area contributed by atoms with E-state index in [0.717, 1.165) is 79.6 Å². The van der Waals surface area contributed by atoms with Gasteiger partial charge in [0.05, 0.1) is 22.7 Å². The van der Waals surface area contributed by atoms with Crippen molar-refractivity contribution in [2.45, 2.75) is 12.0 Å². The minimum Gasteiger partial charge on any atom is -0.483 e. The average Bonchev–Trinajstić information content (AvgIpc) is 3.61. The number of fused-ring (bicyclic) bond motifs is 7. The molecule has 0 radical (unpaired) electrons. The minimum atomic E-state index is -0.118. The quantitative estimate of drug-likeness (QED) is 0.184. The highest BCUT2D eigenvalue weighted by atomic mass is 16.5. The van der Waals surface area contributed by atoms with E-state index in [1.54, 1.807) is 0 Å². The Bertz CT molecular complexity index is 2530. The third kappa shape index (κ3) is 4.71. The van der Waals surface area contributed by atoms with Crippen molar-refractivity contribution < 1.29 is 14.2 Å². The highest BCUT2D eigenvalue weighted by Gasteiger charge is 2.38. The van der Waals surface area contributed by atoms with E-state index in [1.807, 2.05) is 48.5 Å². The summed E-state index contributed by atoms with van der Waals surface area (Å²) < 4.78 is 19.5. The summed E-state index contributed by atoms with van der Waals surface area (Å²) in [6.07, 6.45) is 6.54. The molecule has 53 heavy (non-hydrogen) atoms. The number of nitrogens with zero attached hydrogens (tertiary/aromatic N) is 2. The van der Waals surface area contributed by atoms with Crippen molar-refractivity contribution in [3.05, 3.63) is 193 Å². The molecule has 11 rings (SSSR count). The van der Waals surface area contributed by atoms with Gasteiger partial charge in [-0.15, -0.1) is 0 Å². The van der Waals surface area contributed by atoms with Crippen LogP contribution in [0.2, 0.25) is 0 Å². The Hall–Kier alpha value is -6.98. The van der Waals surface area contributed by atoms with E-state index in [9.17, 15) is 0 Å². The predicted molar refractivity (Wildman–Crippen MR) is 212 cm³/mol. The maximum Gasteiger partial charge on any atom is 0.151 e. The molecule has 2 unspecified atom stereocenters. The van der Waals surface area contributed by atoms with Gasteiger partial charge < -0.3 is 24.0 Å². The van der Waals surface area contributed by atoms with Crippen LogP contribution in [-0.4, -0.2) is 6.10 Å². The molecule has 0 spiro atoms. The van der Waals surface area contributed by atoms with E-state index in [-0.39, 0.29) is 12.0 Å². The first-order chi connectivity index (χ1) is 26.3. The molecule has 1 aliphatic carbocycles. The van der Waals surface area contributed by atoms with E-state index in [1.165, 1.54) is 11.1 Å². The molecule has 0 fully saturated rings. The molecule has 5 nitrogen and oxygen atoms in total. The fourth-order valence-electron chi connectivity index (χ4n) is 8.18. The molecule has 3 aliphatic heterocycles. The fourth-order valence-corrected chi connectivity index (χ4v) is 8.18. The number of rotatable bonds is 4. The molecular formula is C48H32N2O3. The van der Waals surface area contributed by atoms with Gasteiger partial charge >= 0.3 is 0 Å². The smallest absolute Gasteiger partial charge is 0.151 e. The van der Waals surface area contributed by atoms with Crippen LogP contribution in [0, 0.1) is 0 Å². The highest BCUT2D eigenvalue weighted by molar-refractivity contribution is 5.90. The Morgan fingerprint density at radius 3 is 1.43 bits per heavy atom. The van der Waals surface area contributed by atoms with Gasteiger partial charge in [-0.1, -0.05) is 109 Å². The lowest BCUT2D eigenvalue weighted by Gasteiger charge is -2.33. The van der Waals surface area contributed by atoms with Crippen LogP contribution < -0.4 is 24.0 Å². The topological polar surface area (TPSA) is 34.2 Å². The number of para-hydroxylation sites is 9. The summed E-state index contributed by atoms with van der Waals surface area (Å²) in [5, 5.41) is 0. The van der Waals surface area contributed by atoms with Crippen molar-refractivity contribution >= 4 is 39.7 Å². The summed E-state index contributed by atoms with van der Waals surface area (Å²) in [7, 11) is 0. The summed E-state index contributed by atoms with van der Waals surface area (Å²) >= 11 is 0. The van der Waals surface area contributed by atoms with Gasteiger partial charge in [-0.05, 0) is 83.9 Å². The number of anilines is 6. The molecular weight excluding hydrogens is 653 g/mol. The van der Waals surface area contributed by atoms with Crippen LogP contribution in [0.15, 0.2) is 182 Å². The van der Waals surface area contributed by atoms with Gasteiger partial charge in [0.1, 0.15) is 11.9 Å². The van der Waals surface area contributed by atoms with Gasteiger partial charge in [-0.25, -0.2) is 0 Å². The predicted octanol–water partition coefficient (Wildman–Crippen LogP) is 13.0. The summed E-state index contributed by atoms with van der Waals surface area (Å²) in [5.74, 6) is 4.38. The standard InChI is InChI=1S/C48H32N2O3/c1-5-19-43-39(15-1)49(40-16-2-6-20-44(40)51-43)33-27-23-31(24-28-33)35-11-9-13-37-38-14-10-12-36(48(38)53-47(35)37)32-25-29-34(30-26-32)50-41-17-3-7-21-45(41)52-46-22-8-4-18-42(46)50/h1-30,35,47H. The van der Waals surface area contributed by atoms with Crippen molar-refractivity contribution in [2.75, 3.05) is 9.80 Å². The second-order valence-corrected chi connectivity index (χ2v) is 13.6. The third-order valence-corrected chi connectivity index (χ3v) is 10.6. The lowest BCUT2D eigenvalue weighted by molar-refractivity contribution is 0.259. The fraction of sp³-hybridized carbons (Fsp3) is 0.0417. The lowest BCUT2D eigenvalue weighted by Crippen LogP contribution is -2.23. The average molecular weight is 685 g/mol. The summed E-state index contributed by atoms with van der Waals surface area (Å²) in [6, 6.07) is 56.9. The largest absolute Gasteiger partial charge is 0.483 e. The van der Waals surface area contributed by atoms with Crippen molar-refractivity contribution in [1.29, 1.82) is 0 Å². The van der Waals surface area contributed by atoms with E-state index in [4.69, 9.17) is 14.2 Å². The number of hydrogen-bond acceptors (Lipinski definition) is 5. The van der Waals surface area contributed by atoms with Gasteiger partial charge in [0.25, 0.3) is 0 Å². The first-order valence-electron chi connectivity index (χ1n) is 18.0. The SMILES string of the molecule is C1=CC(c2ccc(N3c4ccccc4Oc4ccccc43)cc2)C2Oc3c(cccc3-c3ccc(N4c5ccccc5Oc5ccccc54)cc3)C2=C1. The van der Waals surface area contributed by atoms with Gasteiger partial charge in [-0.2, -0.15) is 0 Å². The van der Waals surface area contributed by atoms with Crippen molar-refractivity contribution in [3.63, 3.8) is 0 Å². The van der Waals surface area contributed by atoms with Gasteiger partial charge in [0.2, 0.25) is 0 Å². The Morgan fingerprint density at radius 1 is 0.434 bits per heavy atom. The number of benzene rings is 7. The van der Waals surface area contributed by atoms with Gasteiger partial charge in [0.15, 0.2) is 23.0 Å². The van der Waals surface area contributed by atoms with E-state index < -0.39 is 0 Å². The molecule has 5 heteroatoms. The van der Waals surface area contributed by atoms with Crippen LogP contribution in [0.1, 0.15) is 17.0 Å². The first-order valence-corrected chi connectivity index (χ1v) is 18.0. The number of allylic oxidation sites excluding steroid dienone is 2. The molecule has 7 aromatic carbocycles. The molecule has 7 aromatic rings. The summed E-state index contributed by atoms with van der Waals surface area (Å²) in [6.45, 7) is 0. The zero-order chi connectivity index (χ0) is 34.9. The number of ether oxygens (including phenoxy) is 3. The molecule has 0 N–H and O–H groups in total. The summed E-state index contributed by atoms with van der Waals surface area (Å²) in [5.41, 5.74) is 12.0. The molecule has 252 valence electrons. The molecule has 0 amide bonds. The summed E-state index contributed by atoms with van der Waals surface area (Å²) in [4.78, 5) is 4.54. The van der Waals surface area contributed by atoms with Crippen LogP contribution >= 0.6 is 0 Å². The molecule has 0 bridgehead atoms. The minimum absolute atomic E-state index is 0.0670. The maximum atomic E-state index is 6.97. The lowest BCUT2D eigenvalue weighted by atomic mass is 9.84. The molecule has 2 atom stereocenters. The Labute approximate surface area is 307 Å². The van der Waals surface area contributed by atoms with E-state index >= 15 is 0 Å². The third-order valence-electron chi connectivity index (χ3n) is 10.6. The van der Waals surface area contributed by atoms with Crippen LogP contribution in [-0.2, 0) is 0 Å². The Balaban J connectivity index is 0.898. The molecule has 0 saturated carbocycles. The van der Waals surface area contributed by atoms with Crippen LogP contribution in [0.4, 0.5) is 34.1 Å². The Morgan fingerprint density at radius 2 is 0.906 bits per heavy atom. The molecule has 0 aromatic heterocycles. The van der Waals surface area contributed by atoms with Gasteiger partial charge in [-0.3, -0.25) is 0 Å². The van der Waals surface area contributed by atoms with Crippen molar-refractivity contribution in [1.82, 2.24) is 0 Å². The van der Waals surface area contributed by atoms with E-state index in [0.29, 0.717) is 0 Å². The normalized spacial score (nSPS) is 17.1. The van der Waals surface area contributed by atoms with Crippen LogP contribution in [0.5, 0.6) is 28.7 Å². The van der Waals surface area contributed by atoms with Crippen LogP contribution in [0.25, 0.3) is 16.7 Å². The highest BCUT2D eigenvalue weighted by Crippen LogP contribution is 2.53. The second kappa shape index (κ2) is 11.8. The Kier molecular flexibility index (Phi) is 6.61. The first kappa shape index (κ1) is 29.7. The maximum absolute atomic E-state index is 6.97. The second-order valence-electron chi connectivity index (χ2n) is 13.6. The zero-order valence-corrected chi connectivity index (χ0v) is 28.6. The molecule has 3 heterocycles. The monoisotopic (exact) mass is 684 g/mol. The van der Waals surface area contributed by atoms with Crippen LogP contribution in [0.3, 0.4) is 0 Å². The van der Waals surface area contributed by atoms with Crippen molar-refractivity contribution in [2.24, 2.45) is 0 Å². The van der Waals surface area contributed by atoms with Gasteiger partial charge in [0, 0.05) is 34.0 Å². The zero-order valence-electron chi connectivity index (χ0n) is 28.6. The molecule has 4 aliphatic rings. The molecule has 0 saturated heterocycles. The number of hydrogen-bond donors (Lipinski definition) is 0. The van der Waals surface area contributed by atoms with Crippen molar-refractivity contribution in [3.8, 4) is 39.9 Å².